The van der Waals surface area contributed by atoms with E-state index in [1.165, 1.54) is 19.3 Å². The van der Waals surface area contributed by atoms with Crippen molar-refractivity contribution in [3.05, 3.63) is 0 Å². The highest BCUT2D eigenvalue weighted by Gasteiger charge is 2.20. The van der Waals surface area contributed by atoms with Gasteiger partial charge in [-0.15, -0.1) is 0 Å². The lowest BCUT2D eigenvalue weighted by molar-refractivity contribution is -0.142. The fourth-order valence-corrected chi connectivity index (χ4v) is 5.40. The maximum atomic E-state index is 12.3. The summed E-state index contributed by atoms with van der Waals surface area (Å²) in [5, 5.41) is 31.5. The lowest BCUT2D eigenvalue weighted by Crippen LogP contribution is -2.41. The minimum absolute atomic E-state index is 0.0302. The number of carbonyl (C=O) groups is 7. The molecule has 0 fully saturated rings. The van der Waals surface area contributed by atoms with Crippen molar-refractivity contribution >= 4 is 57.4 Å². The Morgan fingerprint density at radius 1 is 0.439 bits per heavy atom. The summed E-state index contributed by atoms with van der Waals surface area (Å²) >= 11 is 3.03. The second-order valence-electron chi connectivity index (χ2n) is 13.3. The van der Waals surface area contributed by atoms with Gasteiger partial charge in [0.15, 0.2) is 0 Å². The van der Waals surface area contributed by atoms with Gasteiger partial charge in [0.1, 0.15) is 12.6 Å². The van der Waals surface area contributed by atoms with Gasteiger partial charge in [-0.3, -0.25) is 28.8 Å². The quantitative estimate of drug-likeness (QED) is 0.0344. The van der Waals surface area contributed by atoms with Gasteiger partial charge in [0.2, 0.25) is 29.5 Å². The van der Waals surface area contributed by atoms with Crippen LogP contribution in [0.25, 0.3) is 0 Å². The average Bonchev–Trinajstić information content (AvgIpc) is 3.18. The summed E-state index contributed by atoms with van der Waals surface area (Å²) in [4.78, 5) is 81.2. The number of aliphatic carboxylic acids is 2. The highest BCUT2D eigenvalue weighted by atomic mass is 79.9. The van der Waals surface area contributed by atoms with Crippen molar-refractivity contribution in [1.29, 1.82) is 0 Å². The molecular formula is C38H68BrN5O13. The molecule has 330 valence electrons. The van der Waals surface area contributed by atoms with Crippen molar-refractivity contribution in [2.75, 3.05) is 84.4 Å². The van der Waals surface area contributed by atoms with Crippen molar-refractivity contribution in [3.8, 4) is 0 Å². The highest BCUT2D eigenvalue weighted by Crippen LogP contribution is 2.13. The Bertz CT molecular complexity index is 1120. The van der Waals surface area contributed by atoms with Crippen LogP contribution < -0.4 is 26.6 Å². The third kappa shape index (κ3) is 39.2. The number of halogens is 1. The zero-order chi connectivity index (χ0) is 42.2. The number of carboxylic acids is 2. The van der Waals surface area contributed by atoms with Gasteiger partial charge in [-0.05, 0) is 19.3 Å². The van der Waals surface area contributed by atoms with E-state index < -0.39 is 18.0 Å². The molecule has 0 aliphatic rings. The van der Waals surface area contributed by atoms with Crippen molar-refractivity contribution in [2.24, 2.45) is 0 Å². The van der Waals surface area contributed by atoms with Crippen molar-refractivity contribution in [3.63, 3.8) is 0 Å². The monoisotopic (exact) mass is 881 g/mol. The SMILES string of the molecule is O=C(O)CCCCCCCCCCCCCCC(=O)NC(CCC(=O)NCCOCCOCC(=O)NCCOCCOCCC(=O)NCCNC(=O)CBr)C(=O)O. The van der Waals surface area contributed by atoms with E-state index in [0.29, 0.717) is 32.7 Å². The van der Waals surface area contributed by atoms with E-state index in [-0.39, 0.29) is 120 Å². The van der Waals surface area contributed by atoms with Gasteiger partial charge in [0.05, 0.1) is 51.6 Å². The second-order valence-corrected chi connectivity index (χ2v) is 13.9. The molecule has 0 rings (SSSR count). The van der Waals surface area contributed by atoms with Crippen LogP contribution in [0.1, 0.15) is 109 Å². The first kappa shape index (κ1) is 53.6. The number of carbonyl (C=O) groups excluding carboxylic acids is 5. The molecular weight excluding hydrogens is 814 g/mol. The molecule has 0 saturated heterocycles. The summed E-state index contributed by atoms with van der Waals surface area (Å²) in [5.74, 6) is -3.25. The van der Waals surface area contributed by atoms with Gasteiger partial charge in [-0.25, -0.2) is 4.79 Å². The minimum atomic E-state index is -1.19. The molecule has 0 heterocycles. The number of carboxylic acid groups (broad SMARTS) is 2. The number of rotatable bonds is 41. The number of hydrogen-bond donors (Lipinski definition) is 7. The Hall–Kier alpha value is -3.39. The summed E-state index contributed by atoms with van der Waals surface area (Å²) in [6, 6.07) is -1.14. The largest absolute Gasteiger partial charge is 0.481 e. The van der Waals surface area contributed by atoms with Crippen LogP contribution in [-0.4, -0.2) is 142 Å². The fraction of sp³-hybridized carbons (Fsp3) is 0.816. The Morgan fingerprint density at radius 3 is 1.40 bits per heavy atom. The topological polar surface area (TPSA) is 257 Å². The van der Waals surface area contributed by atoms with Crippen LogP contribution in [0.15, 0.2) is 0 Å². The number of nitrogens with one attached hydrogen (secondary N) is 5. The maximum absolute atomic E-state index is 12.3. The van der Waals surface area contributed by atoms with Crippen molar-refractivity contribution in [2.45, 2.75) is 115 Å². The standard InChI is InChI=1S/C38H68BrN5O13/c39-29-35(48)41-19-18-40-33(46)17-22-54-25-26-55-24-21-43-36(49)30-57-28-27-56-23-20-42-32(45)16-15-31(38(52)53)44-34(47)13-11-9-7-5-3-1-2-4-6-8-10-12-14-37(50)51/h31H,1-30H2,(H,40,46)(H,41,48)(H,42,45)(H,43,49)(H,44,47)(H,50,51)(H,52,53). The zero-order valence-electron chi connectivity index (χ0n) is 33.6. The smallest absolute Gasteiger partial charge is 0.326 e. The fourth-order valence-electron chi connectivity index (χ4n) is 5.20. The van der Waals surface area contributed by atoms with Crippen LogP contribution in [-0.2, 0) is 52.5 Å². The van der Waals surface area contributed by atoms with Crippen LogP contribution in [0, 0.1) is 0 Å². The minimum Gasteiger partial charge on any atom is -0.481 e. The molecule has 0 aromatic heterocycles. The van der Waals surface area contributed by atoms with E-state index in [1.807, 2.05) is 0 Å². The van der Waals surface area contributed by atoms with Gasteiger partial charge in [0, 0.05) is 51.9 Å². The molecule has 57 heavy (non-hydrogen) atoms. The molecule has 5 amide bonds. The number of unbranched alkanes of at least 4 members (excludes halogenated alkanes) is 11. The lowest BCUT2D eigenvalue weighted by atomic mass is 10.0. The van der Waals surface area contributed by atoms with Crippen LogP contribution >= 0.6 is 15.9 Å². The maximum Gasteiger partial charge on any atom is 0.326 e. The molecule has 7 N–H and O–H groups in total. The number of hydrogen-bond acceptors (Lipinski definition) is 11. The lowest BCUT2D eigenvalue weighted by Gasteiger charge is -2.14. The highest BCUT2D eigenvalue weighted by molar-refractivity contribution is 9.09. The third-order valence-corrected chi connectivity index (χ3v) is 8.83. The molecule has 0 aliphatic heterocycles. The van der Waals surface area contributed by atoms with Crippen LogP contribution in [0.4, 0.5) is 0 Å². The first-order chi connectivity index (χ1) is 27.5. The first-order valence-corrected chi connectivity index (χ1v) is 21.3. The van der Waals surface area contributed by atoms with Gasteiger partial charge in [-0.1, -0.05) is 80.1 Å². The molecule has 0 bridgehead atoms. The van der Waals surface area contributed by atoms with Crippen molar-refractivity contribution < 1.29 is 62.7 Å². The third-order valence-electron chi connectivity index (χ3n) is 8.32. The molecule has 1 atom stereocenters. The predicted octanol–water partition coefficient (Wildman–Crippen LogP) is 2.20. The zero-order valence-corrected chi connectivity index (χ0v) is 35.1. The van der Waals surface area contributed by atoms with Crippen molar-refractivity contribution in [1.82, 2.24) is 26.6 Å². The summed E-state index contributed by atoms with van der Waals surface area (Å²) in [5.41, 5.74) is 0. The van der Waals surface area contributed by atoms with Crippen LogP contribution in [0.5, 0.6) is 0 Å². The Balaban J connectivity index is 3.65. The normalized spacial score (nSPS) is 11.4. The molecule has 0 aromatic carbocycles. The molecule has 0 saturated carbocycles. The Morgan fingerprint density at radius 2 is 0.877 bits per heavy atom. The van der Waals surface area contributed by atoms with E-state index in [0.717, 1.165) is 51.4 Å². The van der Waals surface area contributed by atoms with Gasteiger partial charge in [0.25, 0.3) is 0 Å². The van der Waals surface area contributed by atoms with Gasteiger partial charge in [-0.2, -0.15) is 0 Å². The van der Waals surface area contributed by atoms with E-state index in [9.17, 15) is 38.7 Å². The Kier molecular flexibility index (Phi) is 37.1. The molecule has 0 radical (unpaired) electrons. The summed E-state index contributed by atoms with van der Waals surface area (Å²) in [6.07, 6.45) is 12.9. The van der Waals surface area contributed by atoms with Crippen LogP contribution in [0.2, 0.25) is 0 Å². The Labute approximate surface area is 345 Å². The molecule has 1 unspecified atom stereocenters. The summed E-state index contributed by atoms with van der Waals surface area (Å²) < 4.78 is 21.4. The molecule has 18 nitrogen and oxygen atoms in total. The number of amides is 5. The summed E-state index contributed by atoms with van der Waals surface area (Å²) in [6.45, 7) is 2.72. The van der Waals surface area contributed by atoms with E-state index in [4.69, 9.17) is 24.1 Å². The molecule has 0 aliphatic carbocycles. The second kappa shape index (κ2) is 39.4. The average molecular weight is 883 g/mol. The van der Waals surface area contributed by atoms with Crippen LogP contribution in [0.3, 0.4) is 0 Å². The number of ether oxygens (including phenoxy) is 4. The predicted molar refractivity (Wildman–Crippen MR) is 215 cm³/mol. The molecule has 0 spiro atoms. The van der Waals surface area contributed by atoms with Gasteiger partial charge >= 0.3 is 11.9 Å². The number of alkyl halides is 1. The van der Waals surface area contributed by atoms with Gasteiger partial charge < -0.3 is 55.7 Å². The molecule has 19 heteroatoms. The van der Waals surface area contributed by atoms with E-state index in [1.54, 1.807) is 0 Å². The van der Waals surface area contributed by atoms with E-state index >= 15 is 0 Å². The summed E-state index contributed by atoms with van der Waals surface area (Å²) in [7, 11) is 0. The first-order valence-electron chi connectivity index (χ1n) is 20.2. The molecule has 0 aromatic rings. The van der Waals surface area contributed by atoms with E-state index in [2.05, 4.69) is 42.5 Å².